The zero-order chi connectivity index (χ0) is 23.2. The molecule has 3 nitrogen and oxygen atoms in total. The maximum atomic E-state index is 14.4. The number of aliphatic hydroxyl groups excluding tert-OH is 1. The van der Waals surface area contributed by atoms with E-state index < -0.39 is 11.7 Å². The number of alkyl halides is 3. The number of nitrogens with one attached hydrogen (secondary N) is 1. The third kappa shape index (κ3) is 6.06. The number of ether oxygens (including phenoxy) is 1. The van der Waals surface area contributed by atoms with E-state index in [-0.39, 0.29) is 21.5 Å². The Morgan fingerprint density at radius 2 is 1.68 bits per heavy atom. The molecule has 3 aromatic carbocycles. The van der Waals surface area contributed by atoms with Crippen molar-refractivity contribution in [3.63, 3.8) is 0 Å². The summed E-state index contributed by atoms with van der Waals surface area (Å²) in [5, 5.41) is 6.85. The number of rotatable bonds is 5. The largest absolute Gasteiger partial charge is 0.494 e. The molecule has 166 valence electrons. The first-order valence-corrected chi connectivity index (χ1v) is 10.1. The highest BCUT2D eigenvalue weighted by atomic mass is 35.5. The molecule has 0 fully saturated rings. The summed E-state index contributed by atoms with van der Waals surface area (Å²) in [5.74, 6) is -0.260. The van der Waals surface area contributed by atoms with Gasteiger partial charge in [0.25, 0.3) is 0 Å². The molecule has 0 bridgehead atoms. The summed E-state index contributed by atoms with van der Waals surface area (Å²) < 4.78 is 62.0. The Morgan fingerprint density at radius 3 is 2.26 bits per heavy atom. The fourth-order valence-corrected chi connectivity index (χ4v) is 4.00. The predicted octanol–water partition coefficient (Wildman–Crippen LogP) is 7.21. The highest BCUT2D eigenvalue weighted by molar-refractivity contribution is 8.00. The van der Waals surface area contributed by atoms with E-state index in [1.807, 2.05) is 6.07 Å². The average Bonchev–Trinajstić information content (AvgIpc) is 2.74. The van der Waals surface area contributed by atoms with Gasteiger partial charge in [-0.25, -0.2) is 4.39 Å². The molecule has 2 N–H and O–H groups in total. The molecule has 0 atom stereocenters. The maximum absolute atomic E-state index is 14.4. The van der Waals surface area contributed by atoms with E-state index in [0.717, 1.165) is 31.2 Å². The second kappa shape index (κ2) is 10.7. The lowest BCUT2D eigenvalue weighted by atomic mass is 10.0. The molecule has 0 aliphatic rings. The van der Waals surface area contributed by atoms with Gasteiger partial charge in [0.2, 0.25) is 0 Å². The SMILES string of the molecule is CO.COc1c(Cl)cc(C(F)(F)F)cc1SNc1cc(-c2ccccc2)c(F)cc1C. The molecular formula is C22H20ClF4NO2S. The van der Waals surface area contributed by atoms with Gasteiger partial charge in [0, 0.05) is 18.4 Å². The van der Waals surface area contributed by atoms with E-state index in [1.165, 1.54) is 13.2 Å². The van der Waals surface area contributed by atoms with Gasteiger partial charge in [-0.1, -0.05) is 41.9 Å². The highest BCUT2D eigenvalue weighted by Crippen LogP contribution is 2.42. The maximum Gasteiger partial charge on any atom is 0.416 e. The zero-order valence-electron chi connectivity index (χ0n) is 16.8. The zero-order valence-corrected chi connectivity index (χ0v) is 18.4. The Hall–Kier alpha value is -2.42. The van der Waals surface area contributed by atoms with Crippen molar-refractivity contribution in [2.24, 2.45) is 0 Å². The Balaban J connectivity index is 0.00000166. The van der Waals surface area contributed by atoms with Gasteiger partial charge in [0.05, 0.1) is 22.6 Å². The minimum atomic E-state index is -4.54. The van der Waals surface area contributed by atoms with Crippen molar-refractivity contribution in [3.8, 4) is 16.9 Å². The van der Waals surface area contributed by atoms with Crippen LogP contribution >= 0.6 is 23.5 Å². The fourth-order valence-electron chi connectivity index (χ4n) is 2.74. The lowest BCUT2D eigenvalue weighted by Gasteiger charge is -2.16. The summed E-state index contributed by atoms with van der Waals surface area (Å²) in [6.07, 6.45) is -4.54. The molecule has 0 heterocycles. The van der Waals surface area contributed by atoms with Crippen molar-refractivity contribution >= 4 is 29.2 Å². The van der Waals surface area contributed by atoms with Gasteiger partial charge in [0.15, 0.2) is 5.75 Å². The number of anilines is 1. The molecule has 0 aliphatic carbocycles. The van der Waals surface area contributed by atoms with Crippen LogP contribution in [-0.4, -0.2) is 19.3 Å². The van der Waals surface area contributed by atoms with Crippen LogP contribution in [0.25, 0.3) is 11.1 Å². The van der Waals surface area contributed by atoms with Gasteiger partial charge in [-0.2, -0.15) is 13.2 Å². The van der Waals surface area contributed by atoms with Crippen LogP contribution in [0.4, 0.5) is 23.2 Å². The van der Waals surface area contributed by atoms with Gasteiger partial charge in [-0.05, 0) is 54.3 Å². The van der Waals surface area contributed by atoms with Crippen LogP contribution in [0.15, 0.2) is 59.5 Å². The Labute approximate surface area is 187 Å². The summed E-state index contributed by atoms with van der Waals surface area (Å²) in [5.41, 5.74) is 1.36. The van der Waals surface area contributed by atoms with Gasteiger partial charge < -0.3 is 14.6 Å². The van der Waals surface area contributed by atoms with Gasteiger partial charge >= 0.3 is 6.18 Å². The molecule has 3 rings (SSSR count). The normalized spacial score (nSPS) is 10.9. The quantitative estimate of drug-likeness (QED) is 0.303. The molecule has 0 aromatic heterocycles. The summed E-state index contributed by atoms with van der Waals surface area (Å²) in [7, 11) is 2.33. The van der Waals surface area contributed by atoms with Crippen molar-refractivity contribution in [2.75, 3.05) is 18.9 Å². The van der Waals surface area contributed by atoms with Gasteiger partial charge in [0.1, 0.15) is 5.82 Å². The van der Waals surface area contributed by atoms with Crippen molar-refractivity contribution in [1.29, 1.82) is 0 Å². The highest BCUT2D eigenvalue weighted by Gasteiger charge is 2.32. The third-order valence-electron chi connectivity index (χ3n) is 4.21. The smallest absolute Gasteiger partial charge is 0.416 e. The molecule has 3 aromatic rings. The van der Waals surface area contributed by atoms with Crippen LogP contribution in [0.1, 0.15) is 11.1 Å². The van der Waals surface area contributed by atoms with E-state index in [9.17, 15) is 17.6 Å². The molecule has 0 amide bonds. The topological polar surface area (TPSA) is 41.5 Å². The molecule has 0 saturated heterocycles. The van der Waals surface area contributed by atoms with Gasteiger partial charge in [-0.15, -0.1) is 0 Å². The van der Waals surface area contributed by atoms with E-state index >= 15 is 0 Å². The van der Waals surface area contributed by atoms with Crippen molar-refractivity contribution in [1.82, 2.24) is 0 Å². The lowest BCUT2D eigenvalue weighted by molar-refractivity contribution is -0.137. The number of aliphatic hydroxyl groups is 1. The summed E-state index contributed by atoms with van der Waals surface area (Å²) >= 11 is 6.88. The minimum absolute atomic E-state index is 0.125. The van der Waals surface area contributed by atoms with Crippen molar-refractivity contribution in [3.05, 3.63) is 76.6 Å². The Kier molecular flexibility index (Phi) is 8.61. The summed E-state index contributed by atoms with van der Waals surface area (Å²) in [6.45, 7) is 1.71. The summed E-state index contributed by atoms with van der Waals surface area (Å²) in [4.78, 5) is 0.164. The van der Waals surface area contributed by atoms with E-state index in [1.54, 1.807) is 37.3 Å². The Morgan fingerprint density at radius 1 is 1.03 bits per heavy atom. The monoisotopic (exact) mass is 473 g/mol. The van der Waals surface area contributed by atoms with Crippen molar-refractivity contribution < 1.29 is 27.4 Å². The molecule has 9 heteroatoms. The number of aryl methyl sites for hydroxylation is 1. The van der Waals surface area contributed by atoms with Crippen LogP contribution in [-0.2, 0) is 6.18 Å². The van der Waals surface area contributed by atoms with Crippen LogP contribution in [0.2, 0.25) is 5.02 Å². The summed E-state index contributed by atoms with van der Waals surface area (Å²) in [6, 6.07) is 13.8. The van der Waals surface area contributed by atoms with E-state index in [0.29, 0.717) is 22.4 Å². The Bertz CT molecular complexity index is 1030. The molecular weight excluding hydrogens is 454 g/mol. The second-order valence-corrected chi connectivity index (χ2v) is 7.46. The van der Waals surface area contributed by atoms with Gasteiger partial charge in [-0.3, -0.25) is 0 Å². The van der Waals surface area contributed by atoms with E-state index in [2.05, 4.69) is 4.72 Å². The first-order valence-electron chi connectivity index (χ1n) is 8.88. The minimum Gasteiger partial charge on any atom is -0.494 e. The first kappa shape index (κ1) is 24.8. The number of halogens is 5. The molecule has 31 heavy (non-hydrogen) atoms. The first-order chi connectivity index (χ1) is 14.7. The predicted molar refractivity (Wildman–Crippen MR) is 117 cm³/mol. The lowest BCUT2D eigenvalue weighted by Crippen LogP contribution is -2.06. The number of methoxy groups -OCH3 is 1. The molecule has 0 spiro atoms. The second-order valence-electron chi connectivity index (χ2n) is 6.20. The van der Waals surface area contributed by atoms with E-state index in [4.69, 9.17) is 21.4 Å². The average molecular weight is 474 g/mol. The molecule has 0 saturated carbocycles. The van der Waals surface area contributed by atoms with Crippen LogP contribution in [0.3, 0.4) is 0 Å². The fraction of sp³-hybridized carbons (Fsp3) is 0.182. The molecule has 0 radical (unpaired) electrons. The molecule has 0 unspecified atom stereocenters. The number of benzene rings is 3. The third-order valence-corrected chi connectivity index (χ3v) is 5.34. The number of hydrogen-bond acceptors (Lipinski definition) is 4. The number of hydrogen-bond donors (Lipinski definition) is 2. The van der Waals surface area contributed by atoms with Crippen LogP contribution in [0.5, 0.6) is 5.75 Å². The molecule has 0 aliphatic heterocycles. The van der Waals surface area contributed by atoms with Crippen molar-refractivity contribution in [2.45, 2.75) is 18.0 Å². The van der Waals surface area contributed by atoms with Crippen LogP contribution in [0, 0.1) is 12.7 Å². The van der Waals surface area contributed by atoms with Crippen LogP contribution < -0.4 is 9.46 Å². The standard InChI is InChI=1S/C21H16ClF4NOS.CH4O/c1-12-8-17(23)15(13-6-4-3-5-7-13)11-18(12)27-29-19-10-14(21(24,25)26)9-16(22)20(19)28-2;1-2/h3-11,27H,1-2H3;2H,1H3.